The maximum absolute atomic E-state index is 13.5. The zero-order valence-corrected chi connectivity index (χ0v) is 17.4. The Kier molecular flexibility index (Phi) is 4.94. The molecule has 0 bridgehead atoms. The number of anilines is 2. The normalized spacial score (nSPS) is 15.6. The van der Waals surface area contributed by atoms with Crippen LogP contribution in [-0.2, 0) is 9.59 Å². The van der Waals surface area contributed by atoms with Crippen molar-refractivity contribution < 1.29 is 14.3 Å². The van der Waals surface area contributed by atoms with Crippen LogP contribution in [-0.4, -0.2) is 18.4 Å². The Hall–Kier alpha value is -3.60. The Morgan fingerprint density at radius 2 is 1.65 bits per heavy atom. The molecular weight excluding hydrogens is 388 g/mol. The molecule has 0 radical (unpaired) electrons. The number of fused-ring (bicyclic) bond motifs is 2. The summed E-state index contributed by atoms with van der Waals surface area (Å²) < 4.78 is 6.01. The number of rotatable bonds is 3. The van der Waals surface area contributed by atoms with Gasteiger partial charge in [0.2, 0.25) is 11.8 Å². The Labute approximate surface area is 181 Å². The quantitative estimate of drug-likeness (QED) is 0.628. The Balaban J connectivity index is 1.47. The molecule has 2 amide bonds. The van der Waals surface area contributed by atoms with Crippen molar-refractivity contribution in [3.8, 4) is 11.5 Å². The molecule has 0 unspecified atom stereocenters. The number of amides is 2. The van der Waals surface area contributed by atoms with Gasteiger partial charge >= 0.3 is 0 Å². The molecule has 0 aliphatic carbocycles. The number of aryl methyl sites for hydroxylation is 1. The highest BCUT2D eigenvalue weighted by Crippen LogP contribution is 2.44. The first-order valence-electron chi connectivity index (χ1n) is 10.7. The van der Waals surface area contributed by atoms with E-state index in [-0.39, 0.29) is 11.8 Å². The van der Waals surface area contributed by atoms with Gasteiger partial charge in [0, 0.05) is 35.5 Å². The van der Waals surface area contributed by atoms with Crippen molar-refractivity contribution in [1.82, 2.24) is 0 Å². The van der Waals surface area contributed by atoms with Gasteiger partial charge in [-0.2, -0.15) is 0 Å². The van der Waals surface area contributed by atoms with Crippen molar-refractivity contribution in [2.45, 2.75) is 32.1 Å². The van der Waals surface area contributed by atoms with Crippen LogP contribution in [0.2, 0.25) is 0 Å². The lowest BCUT2D eigenvalue weighted by molar-refractivity contribution is -0.119. The lowest BCUT2D eigenvalue weighted by atomic mass is 9.87. The maximum Gasteiger partial charge on any atom is 0.236 e. The molecule has 5 heteroatoms. The number of hydrogen-bond acceptors (Lipinski definition) is 3. The summed E-state index contributed by atoms with van der Waals surface area (Å²) in [6, 6.07) is 21.0. The van der Waals surface area contributed by atoms with Gasteiger partial charge in [0.25, 0.3) is 0 Å². The molecule has 0 spiro atoms. The summed E-state index contributed by atoms with van der Waals surface area (Å²) in [6.45, 7) is 2.71. The van der Waals surface area contributed by atoms with Gasteiger partial charge in [-0.05, 0) is 49.6 Å². The second kappa shape index (κ2) is 7.91. The first-order valence-corrected chi connectivity index (χ1v) is 10.7. The van der Waals surface area contributed by atoms with Gasteiger partial charge in [-0.15, -0.1) is 0 Å². The summed E-state index contributed by atoms with van der Waals surface area (Å²) in [5.74, 6) is 0.949. The summed E-state index contributed by atoms with van der Waals surface area (Å²) in [6.07, 6.45) is 2.51. The maximum atomic E-state index is 13.5. The van der Waals surface area contributed by atoms with Crippen LogP contribution in [0.25, 0.3) is 0 Å². The van der Waals surface area contributed by atoms with Crippen molar-refractivity contribution >= 4 is 23.2 Å². The van der Waals surface area contributed by atoms with Gasteiger partial charge in [0.05, 0.1) is 5.92 Å². The Morgan fingerprint density at radius 3 is 2.32 bits per heavy atom. The molecule has 2 aliphatic heterocycles. The monoisotopic (exact) mass is 412 g/mol. The summed E-state index contributed by atoms with van der Waals surface area (Å²) in [5, 5.41) is 3.08. The van der Waals surface area contributed by atoms with Gasteiger partial charge < -0.3 is 15.0 Å². The molecule has 5 nitrogen and oxygen atoms in total. The van der Waals surface area contributed by atoms with Crippen molar-refractivity contribution in [2.75, 3.05) is 16.8 Å². The fraction of sp³-hybridized carbons (Fsp3) is 0.231. The van der Waals surface area contributed by atoms with Crippen molar-refractivity contribution in [3.05, 3.63) is 83.4 Å². The van der Waals surface area contributed by atoms with Crippen molar-refractivity contribution in [3.63, 3.8) is 0 Å². The van der Waals surface area contributed by atoms with Gasteiger partial charge in [-0.25, -0.2) is 0 Å². The van der Waals surface area contributed by atoms with Crippen LogP contribution in [0.15, 0.2) is 66.7 Å². The SMILES string of the molecule is Cc1ccc(NC(=O)C2c3ccccc3Oc3ccccc32)cc1N1CCCCC1=O. The number of carbonyl (C=O) groups is 2. The zero-order valence-electron chi connectivity index (χ0n) is 17.4. The molecule has 3 aromatic carbocycles. The largest absolute Gasteiger partial charge is 0.457 e. The Morgan fingerprint density at radius 1 is 0.968 bits per heavy atom. The van der Waals surface area contributed by atoms with E-state index in [1.54, 1.807) is 0 Å². The van der Waals surface area contributed by atoms with Crippen LogP contribution in [0.1, 0.15) is 41.9 Å². The molecule has 1 fully saturated rings. The number of nitrogens with zero attached hydrogens (tertiary/aromatic N) is 1. The molecule has 1 N–H and O–H groups in total. The molecule has 0 saturated carbocycles. The first-order chi connectivity index (χ1) is 15.1. The molecule has 156 valence electrons. The van der Waals surface area contributed by atoms with Gasteiger partial charge in [-0.3, -0.25) is 9.59 Å². The average Bonchev–Trinajstić information content (AvgIpc) is 2.79. The number of nitrogens with one attached hydrogen (secondary N) is 1. The van der Waals surface area contributed by atoms with Crippen LogP contribution in [0.4, 0.5) is 11.4 Å². The smallest absolute Gasteiger partial charge is 0.236 e. The predicted octanol–water partition coefficient (Wildman–Crippen LogP) is 5.39. The highest BCUT2D eigenvalue weighted by Gasteiger charge is 2.32. The van der Waals surface area contributed by atoms with E-state index in [1.807, 2.05) is 78.6 Å². The molecule has 5 rings (SSSR count). The average molecular weight is 412 g/mol. The third-order valence-electron chi connectivity index (χ3n) is 6.03. The summed E-state index contributed by atoms with van der Waals surface area (Å²) in [5.41, 5.74) is 4.27. The third kappa shape index (κ3) is 3.56. The van der Waals surface area contributed by atoms with E-state index in [9.17, 15) is 9.59 Å². The van der Waals surface area contributed by atoms with E-state index in [0.29, 0.717) is 23.6 Å². The van der Waals surface area contributed by atoms with Gasteiger partial charge in [0.15, 0.2) is 0 Å². The first kappa shape index (κ1) is 19.4. The lowest BCUT2D eigenvalue weighted by Gasteiger charge is -2.29. The topological polar surface area (TPSA) is 58.6 Å². The minimum atomic E-state index is -0.470. The molecule has 0 atom stereocenters. The van der Waals surface area contributed by atoms with E-state index in [4.69, 9.17) is 4.74 Å². The predicted molar refractivity (Wildman–Crippen MR) is 121 cm³/mol. The summed E-state index contributed by atoms with van der Waals surface area (Å²) in [7, 11) is 0. The Bertz CT molecular complexity index is 1130. The number of benzene rings is 3. The summed E-state index contributed by atoms with van der Waals surface area (Å²) in [4.78, 5) is 27.8. The number of hydrogen-bond donors (Lipinski definition) is 1. The van der Waals surface area contributed by atoms with Gasteiger partial charge in [-0.1, -0.05) is 42.5 Å². The fourth-order valence-electron chi connectivity index (χ4n) is 4.45. The van der Waals surface area contributed by atoms with Crippen molar-refractivity contribution in [1.29, 1.82) is 0 Å². The number of piperidine rings is 1. The molecule has 31 heavy (non-hydrogen) atoms. The molecule has 1 saturated heterocycles. The number of ether oxygens (including phenoxy) is 1. The minimum Gasteiger partial charge on any atom is -0.457 e. The van der Waals surface area contributed by atoms with E-state index < -0.39 is 5.92 Å². The molecule has 3 aromatic rings. The van der Waals surface area contributed by atoms with Crippen molar-refractivity contribution in [2.24, 2.45) is 0 Å². The lowest BCUT2D eigenvalue weighted by Crippen LogP contribution is -2.35. The second-order valence-corrected chi connectivity index (χ2v) is 8.10. The zero-order chi connectivity index (χ0) is 21.4. The van der Waals surface area contributed by atoms with E-state index in [1.165, 1.54) is 0 Å². The number of carbonyl (C=O) groups excluding carboxylic acids is 2. The molecular formula is C26H24N2O3. The minimum absolute atomic E-state index is 0.122. The van der Waals surface area contributed by atoms with E-state index in [2.05, 4.69) is 5.32 Å². The third-order valence-corrected chi connectivity index (χ3v) is 6.03. The van der Waals surface area contributed by atoms with Crippen LogP contribution in [0.3, 0.4) is 0 Å². The standard InChI is InChI=1S/C26H24N2O3/c1-17-13-14-18(16-21(17)28-15-7-6-12-24(28)29)27-26(30)25-19-8-2-4-10-22(19)31-23-11-5-3-9-20(23)25/h2-5,8-11,13-14,16,25H,6-7,12,15H2,1H3,(H,27,30). The fourth-order valence-corrected chi connectivity index (χ4v) is 4.45. The van der Waals surface area contributed by atoms with E-state index in [0.717, 1.165) is 41.8 Å². The summed E-state index contributed by atoms with van der Waals surface area (Å²) >= 11 is 0. The van der Waals surface area contributed by atoms with Crippen LogP contribution in [0, 0.1) is 6.92 Å². The van der Waals surface area contributed by atoms with E-state index >= 15 is 0 Å². The van der Waals surface area contributed by atoms with Crippen LogP contribution < -0.4 is 15.0 Å². The molecule has 0 aromatic heterocycles. The van der Waals surface area contributed by atoms with Crippen LogP contribution >= 0.6 is 0 Å². The molecule has 2 aliphatic rings. The molecule has 2 heterocycles. The highest BCUT2D eigenvalue weighted by atomic mass is 16.5. The number of para-hydroxylation sites is 2. The van der Waals surface area contributed by atoms with Gasteiger partial charge in [0.1, 0.15) is 11.5 Å². The van der Waals surface area contributed by atoms with Crippen LogP contribution in [0.5, 0.6) is 11.5 Å². The highest BCUT2D eigenvalue weighted by molar-refractivity contribution is 6.01. The second-order valence-electron chi connectivity index (χ2n) is 8.10.